The molecule has 4 aromatic rings. The number of halogens is 1. The van der Waals surface area contributed by atoms with Gasteiger partial charge in [-0.05, 0) is 72.1 Å². The predicted molar refractivity (Wildman–Crippen MR) is 111 cm³/mol. The molecule has 0 atom stereocenters. The van der Waals surface area contributed by atoms with Gasteiger partial charge in [-0.25, -0.2) is 4.39 Å². The van der Waals surface area contributed by atoms with Crippen LogP contribution in [0, 0.1) is 17.7 Å². The molecular formula is C24H20FN3. The van der Waals surface area contributed by atoms with Gasteiger partial charge in [-0.3, -0.25) is 4.98 Å². The molecule has 0 aliphatic heterocycles. The Morgan fingerprint density at radius 2 is 1.57 bits per heavy atom. The number of anilines is 1. The second-order valence-electron chi connectivity index (χ2n) is 5.92. The van der Waals surface area contributed by atoms with Crippen molar-refractivity contribution in [2.24, 2.45) is 0 Å². The third-order valence-corrected chi connectivity index (χ3v) is 3.80. The van der Waals surface area contributed by atoms with E-state index in [0.717, 1.165) is 22.5 Å². The van der Waals surface area contributed by atoms with Gasteiger partial charge in [-0.1, -0.05) is 24.1 Å². The number of aromatic nitrogens is 2. The molecule has 3 nitrogen and oxygen atoms in total. The number of H-pyrrole nitrogens is 1. The summed E-state index contributed by atoms with van der Waals surface area (Å²) >= 11 is 0. The van der Waals surface area contributed by atoms with Crippen molar-refractivity contribution in [3.8, 4) is 11.8 Å². The topological polar surface area (TPSA) is 40.7 Å². The average Bonchev–Trinajstić information content (AvgIpc) is 3.28. The standard InChI is InChI=1S/C19H15FN2.C5H5N/c20-17-8-11-19(12-9-17)22-14-16-5-3-15(4-6-16)7-10-18-2-1-13-21-18;1-2-4-6-5-3-1/h1-6,8-9,11-13,21-22H,14H2;1-5H. The Balaban J connectivity index is 0.000000320. The third-order valence-electron chi connectivity index (χ3n) is 3.80. The molecule has 28 heavy (non-hydrogen) atoms. The molecule has 4 heteroatoms. The van der Waals surface area contributed by atoms with Gasteiger partial charge >= 0.3 is 0 Å². The highest BCUT2D eigenvalue weighted by molar-refractivity contribution is 5.45. The molecule has 4 rings (SSSR count). The minimum absolute atomic E-state index is 0.226. The number of nitrogens with zero attached hydrogens (tertiary/aromatic N) is 1. The first-order valence-corrected chi connectivity index (χ1v) is 8.88. The molecule has 2 N–H and O–H groups in total. The summed E-state index contributed by atoms with van der Waals surface area (Å²) in [7, 11) is 0. The van der Waals surface area contributed by atoms with Crippen LogP contribution in [0.5, 0.6) is 0 Å². The number of hydrogen-bond donors (Lipinski definition) is 2. The Hall–Kier alpha value is -3.84. The third kappa shape index (κ3) is 6.47. The average molecular weight is 369 g/mol. The van der Waals surface area contributed by atoms with E-state index in [1.54, 1.807) is 24.5 Å². The first-order valence-electron chi connectivity index (χ1n) is 8.88. The number of hydrogen-bond acceptors (Lipinski definition) is 2. The van der Waals surface area contributed by atoms with E-state index in [4.69, 9.17) is 0 Å². The Kier molecular flexibility index (Phi) is 7.00. The van der Waals surface area contributed by atoms with Gasteiger partial charge in [0, 0.05) is 36.4 Å². The summed E-state index contributed by atoms with van der Waals surface area (Å²) in [6, 6.07) is 24.0. The van der Waals surface area contributed by atoms with Gasteiger partial charge in [0.05, 0.1) is 5.69 Å². The van der Waals surface area contributed by atoms with E-state index >= 15 is 0 Å². The van der Waals surface area contributed by atoms with Crippen molar-refractivity contribution in [3.05, 3.63) is 120 Å². The van der Waals surface area contributed by atoms with Crippen LogP contribution in [0.25, 0.3) is 0 Å². The maximum atomic E-state index is 12.8. The summed E-state index contributed by atoms with van der Waals surface area (Å²) in [4.78, 5) is 6.84. The molecule has 0 fully saturated rings. The van der Waals surface area contributed by atoms with Crippen LogP contribution in [-0.4, -0.2) is 9.97 Å². The fourth-order valence-corrected chi connectivity index (χ4v) is 2.34. The molecule has 2 aromatic heterocycles. The van der Waals surface area contributed by atoms with Crippen molar-refractivity contribution >= 4 is 5.69 Å². The van der Waals surface area contributed by atoms with Crippen LogP contribution < -0.4 is 5.32 Å². The Morgan fingerprint density at radius 3 is 2.14 bits per heavy atom. The Morgan fingerprint density at radius 1 is 0.821 bits per heavy atom. The largest absolute Gasteiger partial charge is 0.381 e. The number of aromatic amines is 1. The molecule has 0 unspecified atom stereocenters. The quantitative estimate of drug-likeness (QED) is 0.485. The highest BCUT2D eigenvalue weighted by Gasteiger charge is 1.95. The summed E-state index contributed by atoms with van der Waals surface area (Å²) in [5.41, 5.74) is 3.92. The maximum absolute atomic E-state index is 12.8. The first kappa shape index (κ1) is 18.9. The lowest BCUT2D eigenvalue weighted by Crippen LogP contribution is -1.99. The summed E-state index contributed by atoms with van der Waals surface area (Å²) in [5.74, 6) is 5.95. The molecule has 0 saturated heterocycles. The van der Waals surface area contributed by atoms with Crippen LogP contribution in [0.1, 0.15) is 16.8 Å². The zero-order valence-corrected chi connectivity index (χ0v) is 15.3. The second kappa shape index (κ2) is 10.3. The van der Waals surface area contributed by atoms with Crippen LogP contribution in [0.2, 0.25) is 0 Å². The van der Waals surface area contributed by atoms with E-state index in [1.807, 2.05) is 60.8 Å². The van der Waals surface area contributed by atoms with Gasteiger partial charge < -0.3 is 10.3 Å². The maximum Gasteiger partial charge on any atom is 0.123 e. The molecule has 138 valence electrons. The molecule has 0 aliphatic rings. The SMILES string of the molecule is Fc1ccc(NCc2ccc(C#Cc3ccc[nH]3)cc2)cc1.c1ccncc1. The summed E-state index contributed by atoms with van der Waals surface area (Å²) < 4.78 is 12.8. The van der Waals surface area contributed by atoms with Crippen LogP contribution >= 0.6 is 0 Å². The van der Waals surface area contributed by atoms with Gasteiger partial charge in [0.15, 0.2) is 0 Å². The van der Waals surface area contributed by atoms with Crippen molar-refractivity contribution in [3.63, 3.8) is 0 Å². The Bertz CT molecular complexity index is 971. The van der Waals surface area contributed by atoms with Crippen molar-refractivity contribution < 1.29 is 4.39 Å². The van der Waals surface area contributed by atoms with Gasteiger partial charge in [0.25, 0.3) is 0 Å². The van der Waals surface area contributed by atoms with Crippen molar-refractivity contribution in [2.75, 3.05) is 5.32 Å². The normalized spacial score (nSPS) is 9.46. The smallest absolute Gasteiger partial charge is 0.123 e. The van der Waals surface area contributed by atoms with Gasteiger partial charge in [-0.2, -0.15) is 0 Å². The minimum Gasteiger partial charge on any atom is -0.381 e. The van der Waals surface area contributed by atoms with E-state index in [-0.39, 0.29) is 5.82 Å². The van der Waals surface area contributed by atoms with Crippen LogP contribution in [0.3, 0.4) is 0 Å². The number of benzene rings is 2. The molecule has 0 bridgehead atoms. The number of pyridine rings is 1. The molecule has 0 radical (unpaired) electrons. The van der Waals surface area contributed by atoms with E-state index < -0.39 is 0 Å². The molecule has 2 heterocycles. The lowest BCUT2D eigenvalue weighted by atomic mass is 10.1. The van der Waals surface area contributed by atoms with E-state index in [1.165, 1.54) is 12.1 Å². The molecule has 0 saturated carbocycles. The monoisotopic (exact) mass is 369 g/mol. The highest BCUT2D eigenvalue weighted by atomic mass is 19.1. The summed E-state index contributed by atoms with van der Waals surface area (Å²) in [6.45, 7) is 0.690. The fraction of sp³-hybridized carbons (Fsp3) is 0.0417. The predicted octanol–water partition coefficient (Wildman–Crippen LogP) is 5.25. The molecule has 0 amide bonds. The minimum atomic E-state index is -0.226. The molecule has 2 aromatic carbocycles. The Labute approximate surface area is 164 Å². The lowest BCUT2D eigenvalue weighted by molar-refractivity contribution is 0.628. The van der Waals surface area contributed by atoms with E-state index in [9.17, 15) is 4.39 Å². The van der Waals surface area contributed by atoms with Crippen LogP contribution in [0.4, 0.5) is 10.1 Å². The van der Waals surface area contributed by atoms with E-state index in [0.29, 0.717) is 6.54 Å². The van der Waals surface area contributed by atoms with Gasteiger partial charge in [0.2, 0.25) is 0 Å². The van der Waals surface area contributed by atoms with Crippen molar-refractivity contribution in [1.82, 2.24) is 9.97 Å². The van der Waals surface area contributed by atoms with Crippen molar-refractivity contribution in [2.45, 2.75) is 6.54 Å². The zero-order valence-electron chi connectivity index (χ0n) is 15.3. The highest BCUT2D eigenvalue weighted by Crippen LogP contribution is 2.11. The van der Waals surface area contributed by atoms with Gasteiger partial charge in [-0.15, -0.1) is 0 Å². The number of nitrogens with one attached hydrogen (secondary N) is 2. The summed E-state index contributed by atoms with van der Waals surface area (Å²) in [5, 5.41) is 3.25. The molecular weight excluding hydrogens is 349 g/mol. The lowest BCUT2D eigenvalue weighted by Gasteiger charge is -2.06. The van der Waals surface area contributed by atoms with Crippen LogP contribution in [0.15, 0.2) is 97.5 Å². The summed E-state index contributed by atoms with van der Waals surface area (Å²) in [6.07, 6.45) is 5.36. The van der Waals surface area contributed by atoms with E-state index in [2.05, 4.69) is 27.1 Å². The van der Waals surface area contributed by atoms with Gasteiger partial charge in [0.1, 0.15) is 5.82 Å². The molecule has 0 aliphatic carbocycles. The first-order chi connectivity index (χ1) is 13.8. The zero-order chi connectivity index (χ0) is 19.4. The van der Waals surface area contributed by atoms with Crippen LogP contribution in [-0.2, 0) is 6.54 Å². The number of rotatable bonds is 3. The fourth-order valence-electron chi connectivity index (χ4n) is 2.34. The molecule has 0 spiro atoms. The van der Waals surface area contributed by atoms with Crippen molar-refractivity contribution in [1.29, 1.82) is 0 Å². The second-order valence-corrected chi connectivity index (χ2v) is 5.92.